The first-order valence-corrected chi connectivity index (χ1v) is 9.83. The largest absolute Gasteiger partial charge is 0.480 e. The van der Waals surface area contributed by atoms with Crippen molar-refractivity contribution in [1.82, 2.24) is 9.88 Å². The van der Waals surface area contributed by atoms with Crippen LogP contribution in [0.5, 0.6) is 11.5 Å². The fourth-order valence-electron chi connectivity index (χ4n) is 4.51. The molecule has 1 aliphatic carbocycles. The second-order valence-electron chi connectivity index (χ2n) is 7.19. The predicted octanol–water partition coefficient (Wildman–Crippen LogP) is 2.86. The van der Waals surface area contributed by atoms with Crippen LogP contribution in [0.15, 0.2) is 24.4 Å². The van der Waals surface area contributed by atoms with E-state index in [0.717, 1.165) is 24.8 Å². The average molecular weight is 386 g/mol. The van der Waals surface area contributed by atoms with Crippen LogP contribution in [-0.4, -0.2) is 46.2 Å². The Morgan fingerprint density at radius 2 is 2.07 bits per heavy atom. The Hall–Kier alpha value is -2.61. The summed E-state index contributed by atoms with van der Waals surface area (Å²) in [4.78, 5) is 31.2. The zero-order chi connectivity index (χ0) is 18.5. The summed E-state index contributed by atoms with van der Waals surface area (Å²) in [5.41, 5.74) is 0.844. The molecule has 140 valence electrons. The van der Waals surface area contributed by atoms with E-state index >= 15 is 0 Å². The van der Waals surface area contributed by atoms with E-state index in [1.807, 2.05) is 18.2 Å². The summed E-state index contributed by atoms with van der Waals surface area (Å²) in [5, 5.41) is 10.4. The van der Waals surface area contributed by atoms with E-state index < -0.39 is 12.0 Å². The third-order valence-electron chi connectivity index (χ3n) is 5.74. The summed E-state index contributed by atoms with van der Waals surface area (Å²) in [6.45, 7) is 0.728. The number of carbonyl (C=O) groups is 2. The summed E-state index contributed by atoms with van der Waals surface area (Å²) in [6, 6.07) is 4.82. The van der Waals surface area contributed by atoms with Crippen molar-refractivity contribution >= 4 is 23.2 Å². The van der Waals surface area contributed by atoms with Crippen LogP contribution >= 0.6 is 11.3 Å². The first kappa shape index (κ1) is 16.6. The number of fused-ring (bicyclic) bond motifs is 2. The number of ether oxygens (including phenoxy) is 2. The minimum absolute atomic E-state index is 0.0766. The number of rotatable bonds is 3. The van der Waals surface area contributed by atoms with E-state index in [4.69, 9.17) is 9.47 Å². The molecule has 1 aromatic carbocycles. The highest BCUT2D eigenvalue weighted by Crippen LogP contribution is 2.43. The molecule has 2 aromatic rings. The van der Waals surface area contributed by atoms with Gasteiger partial charge in [-0.25, -0.2) is 9.78 Å². The maximum absolute atomic E-state index is 13.0. The number of benzene rings is 1. The van der Waals surface area contributed by atoms with Gasteiger partial charge >= 0.3 is 5.97 Å². The fraction of sp³-hybridized carbons (Fsp3) is 0.421. The molecule has 2 fully saturated rings. The molecule has 2 aliphatic heterocycles. The summed E-state index contributed by atoms with van der Waals surface area (Å²) in [5.74, 6) is 0.594. The predicted molar refractivity (Wildman–Crippen MR) is 97.0 cm³/mol. The number of thiazole rings is 1. The molecule has 0 bridgehead atoms. The molecule has 27 heavy (non-hydrogen) atoms. The lowest BCUT2D eigenvalue weighted by atomic mass is 9.94. The Morgan fingerprint density at radius 3 is 2.93 bits per heavy atom. The van der Waals surface area contributed by atoms with Gasteiger partial charge in [0.15, 0.2) is 11.5 Å². The minimum atomic E-state index is -0.904. The van der Waals surface area contributed by atoms with Gasteiger partial charge in [0.05, 0.1) is 6.20 Å². The Morgan fingerprint density at radius 1 is 1.22 bits per heavy atom. The summed E-state index contributed by atoms with van der Waals surface area (Å²) in [6.07, 6.45) is 4.48. The molecule has 1 amide bonds. The lowest BCUT2D eigenvalue weighted by molar-refractivity contribution is -0.142. The summed E-state index contributed by atoms with van der Waals surface area (Å²) < 4.78 is 10.7. The van der Waals surface area contributed by atoms with Gasteiger partial charge in [-0.1, -0.05) is 6.42 Å². The Bertz CT molecular complexity index is 927. The van der Waals surface area contributed by atoms with Crippen LogP contribution in [0.2, 0.25) is 0 Å². The number of hydrogen-bond donors (Lipinski definition) is 1. The number of likely N-dealkylation sites (tertiary alicyclic amines) is 1. The molecular weight excluding hydrogens is 368 g/mol. The number of amides is 1. The van der Waals surface area contributed by atoms with Crippen LogP contribution in [0, 0.1) is 11.8 Å². The highest BCUT2D eigenvalue weighted by Gasteiger charge is 2.49. The number of carbonyl (C=O) groups excluding carboxylic acids is 1. The molecule has 3 heterocycles. The van der Waals surface area contributed by atoms with Crippen molar-refractivity contribution < 1.29 is 24.2 Å². The average Bonchev–Trinajstić information content (AvgIpc) is 3.42. The van der Waals surface area contributed by atoms with Crippen LogP contribution in [0.1, 0.15) is 28.9 Å². The van der Waals surface area contributed by atoms with Gasteiger partial charge in [-0.05, 0) is 42.9 Å². The highest BCUT2D eigenvalue weighted by atomic mass is 32.1. The van der Waals surface area contributed by atoms with Crippen molar-refractivity contribution in [1.29, 1.82) is 0 Å². The molecule has 0 radical (unpaired) electrons. The van der Waals surface area contributed by atoms with Gasteiger partial charge < -0.3 is 19.5 Å². The van der Waals surface area contributed by atoms with E-state index in [-0.39, 0.29) is 18.6 Å². The molecule has 1 saturated heterocycles. The second kappa shape index (κ2) is 6.23. The van der Waals surface area contributed by atoms with Gasteiger partial charge in [-0.2, -0.15) is 0 Å². The van der Waals surface area contributed by atoms with Crippen molar-refractivity contribution in [2.45, 2.75) is 25.3 Å². The number of carboxylic acids is 1. The molecule has 5 rings (SSSR count). The van der Waals surface area contributed by atoms with E-state index in [9.17, 15) is 14.7 Å². The van der Waals surface area contributed by atoms with Crippen molar-refractivity contribution in [3.05, 3.63) is 29.3 Å². The van der Waals surface area contributed by atoms with Crippen molar-refractivity contribution in [3.8, 4) is 22.1 Å². The summed E-state index contributed by atoms with van der Waals surface area (Å²) in [7, 11) is 0. The van der Waals surface area contributed by atoms with Crippen LogP contribution in [0.25, 0.3) is 10.6 Å². The number of carboxylic acid groups (broad SMARTS) is 1. The van der Waals surface area contributed by atoms with Gasteiger partial charge in [-0.15, -0.1) is 11.3 Å². The van der Waals surface area contributed by atoms with Crippen LogP contribution in [-0.2, 0) is 4.79 Å². The number of aliphatic carboxylic acids is 1. The summed E-state index contributed by atoms with van der Waals surface area (Å²) >= 11 is 1.28. The first-order valence-electron chi connectivity index (χ1n) is 9.01. The number of hydrogen-bond acceptors (Lipinski definition) is 6. The van der Waals surface area contributed by atoms with Crippen LogP contribution in [0.4, 0.5) is 0 Å². The Balaban J connectivity index is 1.41. The standard InChI is InChI=1S/C19H18N2O5S/c22-18(21-8-11-2-1-3-12(11)16(21)19(23)24)15-7-20-17(27-15)10-4-5-13-14(6-10)26-9-25-13/h4-7,11-12,16H,1-3,8-9H2,(H,23,24). The normalized spacial score (nSPS) is 25.6. The Kier molecular flexibility index (Phi) is 3.82. The first-order chi connectivity index (χ1) is 13.1. The molecule has 1 saturated carbocycles. The molecule has 0 spiro atoms. The maximum atomic E-state index is 13.0. The maximum Gasteiger partial charge on any atom is 0.326 e. The highest BCUT2D eigenvalue weighted by molar-refractivity contribution is 7.16. The molecule has 7 nitrogen and oxygen atoms in total. The minimum Gasteiger partial charge on any atom is -0.480 e. The lowest BCUT2D eigenvalue weighted by Gasteiger charge is -2.23. The van der Waals surface area contributed by atoms with Gasteiger partial charge in [0.2, 0.25) is 6.79 Å². The van der Waals surface area contributed by atoms with E-state index in [1.165, 1.54) is 16.2 Å². The quantitative estimate of drug-likeness (QED) is 0.873. The topological polar surface area (TPSA) is 89.0 Å². The van der Waals surface area contributed by atoms with Gasteiger partial charge in [-0.3, -0.25) is 4.79 Å². The second-order valence-corrected chi connectivity index (χ2v) is 8.22. The van der Waals surface area contributed by atoms with Crippen LogP contribution in [0.3, 0.4) is 0 Å². The smallest absolute Gasteiger partial charge is 0.326 e. The zero-order valence-electron chi connectivity index (χ0n) is 14.5. The molecule has 3 atom stereocenters. The Labute approximate surface area is 159 Å². The van der Waals surface area contributed by atoms with Crippen LogP contribution < -0.4 is 9.47 Å². The van der Waals surface area contributed by atoms with Crippen molar-refractivity contribution in [3.63, 3.8) is 0 Å². The molecule has 1 N–H and O–H groups in total. The van der Waals surface area contributed by atoms with Crippen molar-refractivity contribution in [2.75, 3.05) is 13.3 Å². The third kappa shape index (κ3) is 2.66. The van der Waals surface area contributed by atoms with Gasteiger partial charge in [0, 0.05) is 12.1 Å². The van der Waals surface area contributed by atoms with E-state index in [2.05, 4.69) is 4.98 Å². The SMILES string of the molecule is O=C(O)C1C2CCCC2CN1C(=O)c1cnc(-c2ccc3c(c2)OCO3)s1. The molecule has 1 aromatic heterocycles. The van der Waals surface area contributed by atoms with Gasteiger partial charge in [0.1, 0.15) is 15.9 Å². The van der Waals surface area contributed by atoms with E-state index in [0.29, 0.717) is 33.8 Å². The number of nitrogens with zero attached hydrogens (tertiary/aromatic N) is 2. The zero-order valence-corrected chi connectivity index (χ0v) is 15.3. The monoisotopic (exact) mass is 386 g/mol. The fourth-order valence-corrected chi connectivity index (χ4v) is 5.38. The van der Waals surface area contributed by atoms with Gasteiger partial charge in [0.25, 0.3) is 5.91 Å². The lowest BCUT2D eigenvalue weighted by Crippen LogP contribution is -2.43. The molecule has 3 aliphatic rings. The van der Waals surface area contributed by atoms with Crippen molar-refractivity contribution in [2.24, 2.45) is 11.8 Å². The molecule has 8 heteroatoms. The molecular formula is C19H18N2O5S. The van der Waals surface area contributed by atoms with E-state index in [1.54, 1.807) is 6.20 Å². The number of aromatic nitrogens is 1. The molecule has 3 unspecified atom stereocenters. The third-order valence-corrected chi connectivity index (χ3v) is 6.77.